The van der Waals surface area contributed by atoms with Crippen LogP contribution in [0.1, 0.15) is 36.2 Å². The van der Waals surface area contributed by atoms with Crippen LogP contribution in [0.3, 0.4) is 0 Å². The summed E-state index contributed by atoms with van der Waals surface area (Å²) in [5.74, 6) is 0.0897. The first-order valence-corrected chi connectivity index (χ1v) is 8.82. The summed E-state index contributed by atoms with van der Waals surface area (Å²) in [5, 5.41) is 6.02. The number of nitrogens with zero attached hydrogens (tertiary/aromatic N) is 1. The lowest BCUT2D eigenvalue weighted by molar-refractivity contribution is 0.0535. The molecule has 0 aromatic heterocycles. The molecule has 0 aliphatic carbocycles. The molecule has 1 unspecified atom stereocenters. The zero-order chi connectivity index (χ0) is 17.4. The van der Waals surface area contributed by atoms with E-state index in [0.717, 1.165) is 23.2 Å². The Labute approximate surface area is 148 Å². The molecule has 0 radical (unpaired) electrons. The fourth-order valence-corrected chi connectivity index (χ4v) is 3.73. The summed E-state index contributed by atoms with van der Waals surface area (Å²) in [4.78, 5) is 15.1. The van der Waals surface area contributed by atoms with Crippen molar-refractivity contribution in [3.63, 3.8) is 0 Å². The van der Waals surface area contributed by atoms with E-state index in [9.17, 15) is 4.79 Å². The summed E-state index contributed by atoms with van der Waals surface area (Å²) in [7, 11) is 0. The van der Waals surface area contributed by atoms with Crippen molar-refractivity contribution in [2.24, 2.45) is 0 Å². The Morgan fingerprint density at radius 2 is 1.68 bits per heavy atom. The highest BCUT2D eigenvalue weighted by molar-refractivity contribution is 6.02. The molecule has 1 aliphatic heterocycles. The fraction of sp³-hybridized carbons (Fsp3) is 0.227. The number of amides is 1. The Bertz CT molecular complexity index is 949. The highest BCUT2D eigenvalue weighted by Gasteiger charge is 2.41. The zero-order valence-corrected chi connectivity index (χ0v) is 14.6. The maximum absolute atomic E-state index is 13.1. The number of carbonyl (C=O) groups is 1. The number of hydrogen-bond donors (Lipinski definition) is 1. The second kappa shape index (κ2) is 5.92. The average molecular weight is 330 g/mol. The van der Waals surface area contributed by atoms with Gasteiger partial charge in [0.1, 0.15) is 5.66 Å². The van der Waals surface area contributed by atoms with Gasteiger partial charge in [0.15, 0.2) is 0 Å². The van der Waals surface area contributed by atoms with E-state index in [2.05, 4.69) is 49.5 Å². The molecular weight excluding hydrogens is 308 g/mol. The van der Waals surface area contributed by atoms with Crippen LogP contribution < -0.4 is 5.32 Å². The fourth-order valence-electron chi connectivity index (χ4n) is 3.73. The maximum Gasteiger partial charge on any atom is 0.258 e. The molecular formula is C22H22N2O. The third-order valence-electron chi connectivity index (χ3n) is 5.08. The predicted molar refractivity (Wildman–Crippen MR) is 103 cm³/mol. The molecule has 25 heavy (non-hydrogen) atoms. The molecule has 0 saturated carbocycles. The highest BCUT2D eigenvalue weighted by atomic mass is 16.2. The molecule has 1 N–H and O–H groups in total. The molecule has 3 heteroatoms. The minimum absolute atomic E-state index is 0.0897. The van der Waals surface area contributed by atoms with Crippen LogP contribution in [-0.2, 0) is 5.66 Å². The third kappa shape index (κ3) is 2.47. The van der Waals surface area contributed by atoms with Gasteiger partial charge in [0.05, 0.1) is 5.56 Å². The minimum atomic E-state index is -0.564. The van der Waals surface area contributed by atoms with Crippen molar-refractivity contribution in [1.29, 1.82) is 0 Å². The summed E-state index contributed by atoms with van der Waals surface area (Å²) >= 11 is 0. The van der Waals surface area contributed by atoms with Gasteiger partial charge in [0, 0.05) is 12.2 Å². The van der Waals surface area contributed by atoms with Gasteiger partial charge in [-0.25, -0.2) is 0 Å². The van der Waals surface area contributed by atoms with Gasteiger partial charge in [-0.1, -0.05) is 55.5 Å². The molecule has 3 aromatic carbocycles. The van der Waals surface area contributed by atoms with E-state index in [1.165, 1.54) is 10.8 Å². The molecule has 0 bridgehead atoms. The average Bonchev–Trinajstić information content (AvgIpc) is 2.65. The van der Waals surface area contributed by atoms with Gasteiger partial charge in [-0.2, -0.15) is 0 Å². The van der Waals surface area contributed by atoms with Crippen LogP contribution in [0.4, 0.5) is 5.69 Å². The molecule has 4 rings (SSSR count). The van der Waals surface area contributed by atoms with Crippen LogP contribution in [0.15, 0.2) is 66.7 Å². The number of rotatable bonds is 3. The normalized spacial score (nSPS) is 19.6. The van der Waals surface area contributed by atoms with Gasteiger partial charge < -0.3 is 10.2 Å². The largest absolute Gasteiger partial charge is 0.358 e. The van der Waals surface area contributed by atoms with Crippen molar-refractivity contribution >= 4 is 22.4 Å². The predicted octanol–water partition coefficient (Wildman–Crippen LogP) is 4.99. The summed E-state index contributed by atoms with van der Waals surface area (Å²) in [6.07, 6.45) is 0.915. The van der Waals surface area contributed by atoms with E-state index >= 15 is 0 Å². The van der Waals surface area contributed by atoms with Crippen LogP contribution in [0.2, 0.25) is 0 Å². The molecule has 0 fully saturated rings. The van der Waals surface area contributed by atoms with Gasteiger partial charge in [0.2, 0.25) is 0 Å². The van der Waals surface area contributed by atoms with Crippen LogP contribution in [-0.4, -0.2) is 17.4 Å². The SMILES string of the molecule is CCCN1C(=O)c2ccccc2NC1(C)c1ccc2ccccc2c1. The quantitative estimate of drug-likeness (QED) is 0.734. The first kappa shape index (κ1) is 15.7. The van der Waals surface area contributed by atoms with Crippen LogP contribution >= 0.6 is 0 Å². The van der Waals surface area contributed by atoms with Crippen molar-refractivity contribution < 1.29 is 4.79 Å². The summed E-state index contributed by atoms with van der Waals surface area (Å²) in [6, 6.07) is 22.5. The number of nitrogens with one attached hydrogen (secondary N) is 1. The topological polar surface area (TPSA) is 32.3 Å². The van der Waals surface area contributed by atoms with Gasteiger partial charge in [-0.3, -0.25) is 4.79 Å². The molecule has 1 amide bonds. The Morgan fingerprint density at radius 1 is 0.960 bits per heavy atom. The Morgan fingerprint density at radius 3 is 2.48 bits per heavy atom. The van der Waals surface area contributed by atoms with Crippen LogP contribution in [0, 0.1) is 0 Å². The molecule has 3 nitrogen and oxygen atoms in total. The highest BCUT2D eigenvalue weighted by Crippen LogP contribution is 2.38. The Balaban J connectivity index is 1.88. The Kier molecular flexibility index (Phi) is 3.72. The monoisotopic (exact) mass is 330 g/mol. The molecule has 126 valence electrons. The van der Waals surface area contributed by atoms with Gasteiger partial charge in [-0.05, 0) is 47.9 Å². The van der Waals surface area contributed by atoms with Crippen molar-refractivity contribution in [3.05, 3.63) is 77.9 Å². The number of carbonyl (C=O) groups excluding carboxylic acids is 1. The second-order valence-electron chi connectivity index (χ2n) is 6.76. The maximum atomic E-state index is 13.1. The van der Waals surface area contributed by atoms with Crippen molar-refractivity contribution in [2.75, 3.05) is 11.9 Å². The lowest BCUT2D eigenvalue weighted by Gasteiger charge is -2.46. The molecule has 1 heterocycles. The van der Waals surface area contributed by atoms with E-state index < -0.39 is 5.66 Å². The van der Waals surface area contributed by atoms with Gasteiger partial charge >= 0.3 is 0 Å². The Hall–Kier alpha value is -2.81. The zero-order valence-electron chi connectivity index (χ0n) is 14.6. The van der Waals surface area contributed by atoms with E-state index in [1.54, 1.807) is 0 Å². The number of anilines is 1. The van der Waals surface area contributed by atoms with Crippen molar-refractivity contribution in [1.82, 2.24) is 4.90 Å². The standard InChI is InChI=1S/C22H22N2O/c1-3-14-24-21(25)19-10-6-7-11-20(19)23-22(24,2)18-13-12-16-8-4-5-9-17(16)15-18/h4-13,15,23H,3,14H2,1-2H3. The summed E-state index contributed by atoms with van der Waals surface area (Å²) in [6.45, 7) is 4.92. The first-order valence-electron chi connectivity index (χ1n) is 8.82. The van der Waals surface area contributed by atoms with Crippen LogP contribution in [0.5, 0.6) is 0 Å². The first-order chi connectivity index (χ1) is 12.1. The van der Waals surface area contributed by atoms with E-state index in [1.807, 2.05) is 41.3 Å². The van der Waals surface area contributed by atoms with Gasteiger partial charge in [0.25, 0.3) is 5.91 Å². The lowest BCUT2D eigenvalue weighted by atomic mass is 9.91. The summed E-state index contributed by atoms with van der Waals surface area (Å²) in [5.41, 5.74) is 2.18. The molecule has 1 aliphatic rings. The van der Waals surface area contributed by atoms with E-state index in [0.29, 0.717) is 6.54 Å². The minimum Gasteiger partial charge on any atom is -0.358 e. The number of fused-ring (bicyclic) bond motifs is 2. The summed E-state index contributed by atoms with van der Waals surface area (Å²) < 4.78 is 0. The lowest BCUT2D eigenvalue weighted by Crippen LogP contribution is -2.56. The second-order valence-corrected chi connectivity index (χ2v) is 6.76. The molecule has 1 atom stereocenters. The van der Waals surface area contributed by atoms with Crippen LogP contribution in [0.25, 0.3) is 10.8 Å². The van der Waals surface area contributed by atoms with Crippen molar-refractivity contribution in [2.45, 2.75) is 25.9 Å². The number of hydrogen-bond acceptors (Lipinski definition) is 2. The molecule has 0 saturated heterocycles. The number of benzene rings is 3. The van der Waals surface area contributed by atoms with E-state index in [4.69, 9.17) is 0 Å². The molecule has 0 spiro atoms. The van der Waals surface area contributed by atoms with Gasteiger partial charge in [-0.15, -0.1) is 0 Å². The molecule has 3 aromatic rings. The third-order valence-corrected chi connectivity index (χ3v) is 5.08. The van der Waals surface area contributed by atoms with E-state index in [-0.39, 0.29) is 5.91 Å². The number of para-hydroxylation sites is 1. The smallest absolute Gasteiger partial charge is 0.258 e. The van der Waals surface area contributed by atoms with Crippen molar-refractivity contribution in [3.8, 4) is 0 Å².